The number of rotatable bonds is 4. The third-order valence-electron chi connectivity index (χ3n) is 3.73. The van der Waals surface area contributed by atoms with Crippen LogP contribution in [0.2, 0.25) is 0 Å². The number of hydrogen-bond donors (Lipinski definition) is 1. The molecule has 0 saturated heterocycles. The van der Waals surface area contributed by atoms with Gasteiger partial charge < -0.3 is 5.32 Å². The molecule has 2 atom stereocenters. The van der Waals surface area contributed by atoms with Crippen LogP contribution in [0.15, 0.2) is 24.5 Å². The van der Waals surface area contributed by atoms with Gasteiger partial charge in [-0.15, -0.1) is 0 Å². The highest BCUT2D eigenvalue weighted by Crippen LogP contribution is 2.30. The normalized spacial score (nSPS) is 23.6. The number of carbonyl (C=O) groups is 1. The van der Waals surface area contributed by atoms with Gasteiger partial charge in [-0.25, -0.2) is 0 Å². The van der Waals surface area contributed by atoms with Crippen molar-refractivity contribution in [3.05, 3.63) is 30.1 Å². The number of pyridine rings is 1. The van der Waals surface area contributed by atoms with E-state index in [1.165, 1.54) is 25.7 Å². The van der Waals surface area contributed by atoms with Crippen molar-refractivity contribution in [3.63, 3.8) is 0 Å². The number of halogens is 1. The Kier molecular flexibility index (Phi) is 5.17. The van der Waals surface area contributed by atoms with Crippen LogP contribution in [0.5, 0.6) is 0 Å². The van der Waals surface area contributed by atoms with Gasteiger partial charge in [0.2, 0.25) is 0 Å². The topological polar surface area (TPSA) is 42.0 Å². The summed E-state index contributed by atoms with van der Waals surface area (Å²) in [6.07, 6.45) is 8.42. The number of amides is 1. The molecule has 1 N–H and O–H groups in total. The van der Waals surface area contributed by atoms with Crippen LogP contribution in [-0.4, -0.2) is 22.8 Å². The summed E-state index contributed by atoms with van der Waals surface area (Å²) in [4.78, 5) is 15.8. The summed E-state index contributed by atoms with van der Waals surface area (Å²) in [6.45, 7) is 0.789. The predicted octanol–water partition coefficient (Wildman–Crippen LogP) is 3.01. The van der Waals surface area contributed by atoms with E-state index < -0.39 is 0 Å². The van der Waals surface area contributed by atoms with Crippen molar-refractivity contribution in [3.8, 4) is 0 Å². The van der Waals surface area contributed by atoms with Crippen LogP contribution in [0.3, 0.4) is 0 Å². The Hall–Kier alpha value is -0.900. The summed E-state index contributed by atoms with van der Waals surface area (Å²) in [5.41, 5.74) is 0.691. The first-order valence-corrected chi connectivity index (χ1v) is 7.67. The Morgan fingerprint density at radius 1 is 1.28 bits per heavy atom. The molecule has 18 heavy (non-hydrogen) atoms. The number of nitrogens with one attached hydrogen (secondary N) is 1. The Labute approximate surface area is 117 Å². The third kappa shape index (κ3) is 3.55. The lowest BCUT2D eigenvalue weighted by Gasteiger charge is -2.30. The molecule has 0 aliphatic heterocycles. The van der Waals surface area contributed by atoms with E-state index in [0.717, 1.165) is 11.9 Å². The van der Waals surface area contributed by atoms with Crippen LogP contribution in [0, 0.1) is 11.8 Å². The molecule has 1 aliphatic carbocycles. The van der Waals surface area contributed by atoms with E-state index in [9.17, 15) is 4.79 Å². The summed E-state index contributed by atoms with van der Waals surface area (Å²) >= 11 is 3.58. The summed E-state index contributed by atoms with van der Waals surface area (Å²) < 4.78 is 0. The Balaban J connectivity index is 1.85. The lowest BCUT2D eigenvalue weighted by atomic mass is 9.80. The van der Waals surface area contributed by atoms with E-state index >= 15 is 0 Å². The molecule has 3 nitrogen and oxygen atoms in total. The molecule has 0 radical (unpaired) electrons. The first-order chi connectivity index (χ1) is 8.81. The summed E-state index contributed by atoms with van der Waals surface area (Å²) in [7, 11) is 0. The maximum Gasteiger partial charge on any atom is 0.251 e. The lowest BCUT2D eigenvalue weighted by molar-refractivity contribution is 0.0937. The number of nitrogens with zero attached hydrogens (tertiary/aromatic N) is 1. The van der Waals surface area contributed by atoms with E-state index in [-0.39, 0.29) is 5.91 Å². The molecule has 2 rings (SSSR count). The molecule has 1 fully saturated rings. The van der Waals surface area contributed by atoms with Gasteiger partial charge in [0.25, 0.3) is 5.91 Å². The quantitative estimate of drug-likeness (QED) is 0.869. The minimum atomic E-state index is 0.0105. The number of carbonyl (C=O) groups excluding carboxylic acids is 1. The Morgan fingerprint density at radius 2 is 1.94 bits per heavy atom. The molecule has 1 aromatic heterocycles. The summed E-state index contributed by atoms with van der Waals surface area (Å²) in [5, 5.41) is 4.09. The second-order valence-electron chi connectivity index (χ2n) is 4.90. The minimum absolute atomic E-state index is 0.0105. The lowest BCUT2D eigenvalue weighted by Crippen LogP contribution is -2.34. The molecule has 1 amide bonds. The van der Waals surface area contributed by atoms with Gasteiger partial charge in [-0.05, 0) is 36.8 Å². The van der Waals surface area contributed by atoms with Crippen LogP contribution in [-0.2, 0) is 0 Å². The van der Waals surface area contributed by atoms with Crippen LogP contribution < -0.4 is 5.32 Å². The van der Waals surface area contributed by atoms with Gasteiger partial charge in [0.15, 0.2) is 0 Å². The van der Waals surface area contributed by atoms with Crippen LogP contribution in [0.1, 0.15) is 36.0 Å². The van der Waals surface area contributed by atoms with Gasteiger partial charge >= 0.3 is 0 Å². The summed E-state index contributed by atoms with van der Waals surface area (Å²) in [6, 6.07) is 3.50. The zero-order valence-corrected chi connectivity index (χ0v) is 12.0. The summed E-state index contributed by atoms with van der Waals surface area (Å²) in [5.74, 6) is 1.33. The Bertz CT molecular complexity index is 383. The number of hydrogen-bond acceptors (Lipinski definition) is 2. The van der Waals surface area contributed by atoms with Crippen LogP contribution >= 0.6 is 15.9 Å². The first kappa shape index (κ1) is 13.5. The largest absolute Gasteiger partial charge is 0.352 e. The zero-order valence-electron chi connectivity index (χ0n) is 10.4. The number of alkyl halides is 1. The molecule has 0 bridgehead atoms. The molecule has 1 aliphatic rings. The van der Waals surface area contributed by atoms with Crippen molar-refractivity contribution in [2.75, 3.05) is 11.9 Å². The number of aromatic nitrogens is 1. The fourth-order valence-electron chi connectivity index (χ4n) is 2.59. The van der Waals surface area contributed by atoms with Gasteiger partial charge in [0, 0.05) is 29.8 Å². The Morgan fingerprint density at radius 3 is 2.61 bits per heavy atom. The van der Waals surface area contributed by atoms with E-state index in [1.54, 1.807) is 24.5 Å². The van der Waals surface area contributed by atoms with Crippen LogP contribution in [0.25, 0.3) is 0 Å². The average molecular weight is 311 g/mol. The molecular formula is C14H19BrN2O. The monoisotopic (exact) mass is 310 g/mol. The van der Waals surface area contributed by atoms with Crippen molar-refractivity contribution in [2.45, 2.75) is 25.7 Å². The van der Waals surface area contributed by atoms with Gasteiger partial charge in [-0.3, -0.25) is 9.78 Å². The standard InChI is InChI=1S/C14H19BrN2O/c15-9-12-3-1-2-4-13(12)10-17-14(18)11-5-7-16-8-6-11/h5-8,12-13H,1-4,9-10H2,(H,17,18). The predicted molar refractivity (Wildman–Crippen MR) is 75.8 cm³/mol. The molecule has 1 heterocycles. The minimum Gasteiger partial charge on any atom is -0.352 e. The highest BCUT2D eigenvalue weighted by Gasteiger charge is 2.24. The molecule has 98 valence electrons. The van der Waals surface area contributed by atoms with E-state index in [4.69, 9.17) is 0 Å². The van der Waals surface area contributed by atoms with E-state index in [2.05, 4.69) is 26.2 Å². The van der Waals surface area contributed by atoms with E-state index in [1.807, 2.05) is 0 Å². The highest BCUT2D eigenvalue weighted by molar-refractivity contribution is 9.09. The average Bonchev–Trinajstić information content (AvgIpc) is 2.46. The van der Waals surface area contributed by atoms with Crippen molar-refractivity contribution in [2.24, 2.45) is 11.8 Å². The molecular weight excluding hydrogens is 292 g/mol. The maximum atomic E-state index is 11.9. The van der Waals surface area contributed by atoms with Crippen LogP contribution in [0.4, 0.5) is 0 Å². The maximum absolute atomic E-state index is 11.9. The van der Waals surface area contributed by atoms with Gasteiger partial charge in [-0.1, -0.05) is 28.8 Å². The van der Waals surface area contributed by atoms with Crippen molar-refractivity contribution in [1.29, 1.82) is 0 Å². The van der Waals surface area contributed by atoms with Crippen molar-refractivity contribution in [1.82, 2.24) is 10.3 Å². The van der Waals surface area contributed by atoms with Gasteiger partial charge in [-0.2, -0.15) is 0 Å². The molecule has 1 saturated carbocycles. The van der Waals surface area contributed by atoms with Crippen molar-refractivity contribution >= 4 is 21.8 Å². The van der Waals surface area contributed by atoms with Gasteiger partial charge in [0.1, 0.15) is 0 Å². The molecule has 0 aromatic carbocycles. The fraction of sp³-hybridized carbons (Fsp3) is 0.571. The SMILES string of the molecule is O=C(NCC1CCCCC1CBr)c1ccncc1. The first-order valence-electron chi connectivity index (χ1n) is 6.55. The molecule has 4 heteroatoms. The fourth-order valence-corrected chi connectivity index (χ4v) is 3.44. The molecule has 2 unspecified atom stereocenters. The van der Waals surface area contributed by atoms with Gasteiger partial charge in [0.05, 0.1) is 0 Å². The second kappa shape index (κ2) is 6.88. The third-order valence-corrected chi connectivity index (χ3v) is 4.56. The van der Waals surface area contributed by atoms with Crippen molar-refractivity contribution < 1.29 is 4.79 Å². The zero-order chi connectivity index (χ0) is 12.8. The second-order valence-corrected chi connectivity index (χ2v) is 5.55. The molecule has 1 aromatic rings. The highest BCUT2D eigenvalue weighted by atomic mass is 79.9. The molecule has 0 spiro atoms. The van der Waals surface area contributed by atoms with E-state index in [0.29, 0.717) is 17.4 Å². The smallest absolute Gasteiger partial charge is 0.251 e.